The van der Waals surface area contributed by atoms with Gasteiger partial charge in [0.15, 0.2) is 0 Å². The predicted octanol–water partition coefficient (Wildman–Crippen LogP) is 3.41. The molecule has 0 unspecified atom stereocenters. The summed E-state index contributed by atoms with van der Waals surface area (Å²) in [7, 11) is 0. The third-order valence-electron chi connectivity index (χ3n) is 2.82. The van der Waals surface area contributed by atoms with Crippen LogP contribution < -0.4 is 0 Å². The topological polar surface area (TPSA) is 20.2 Å². The third-order valence-corrected chi connectivity index (χ3v) is 2.82. The number of rotatable bonds is 0. The van der Waals surface area contributed by atoms with Gasteiger partial charge in [-0.15, -0.1) is 0 Å². The maximum atomic E-state index is 9.79. The molecule has 0 heterocycles. The smallest absolute Gasteiger partial charge is 0.131 e. The maximum absolute atomic E-state index is 9.79. The van der Waals surface area contributed by atoms with Crippen LogP contribution in [0.15, 0.2) is 42.5 Å². The first-order valence-electron chi connectivity index (χ1n) is 5.54. The highest BCUT2D eigenvalue weighted by molar-refractivity contribution is 5.55. The molecule has 0 bridgehead atoms. The Morgan fingerprint density at radius 2 is 1.59 bits per heavy atom. The van der Waals surface area contributed by atoms with Crippen molar-refractivity contribution in [3.05, 3.63) is 64.7 Å². The van der Waals surface area contributed by atoms with Crippen LogP contribution in [0.5, 0.6) is 5.75 Å². The van der Waals surface area contributed by atoms with Crippen LogP contribution in [0.25, 0.3) is 0 Å². The molecule has 84 valence electrons. The third kappa shape index (κ3) is 2.49. The Morgan fingerprint density at radius 1 is 0.882 bits per heavy atom. The van der Waals surface area contributed by atoms with E-state index in [0.29, 0.717) is 5.56 Å². The van der Waals surface area contributed by atoms with Gasteiger partial charge in [0.1, 0.15) is 5.75 Å². The predicted molar refractivity (Wildman–Crippen MR) is 70.0 cm³/mol. The normalized spacial score (nSPS) is 9.53. The molecule has 0 aliphatic carbocycles. The molecule has 0 aliphatic rings. The summed E-state index contributed by atoms with van der Waals surface area (Å²) in [6.07, 6.45) is 0. The van der Waals surface area contributed by atoms with Gasteiger partial charge in [0.2, 0.25) is 0 Å². The lowest BCUT2D eigenvalue weighted by molar-refractivity contribution is 0.473. The number of benzene rings is 2. The van der Waals surface area contributed by atoms with Gasteiger partial charge in [0.05, 0.1) is 5.56 Å². The molecular formula is C16H14O. The molecule has 0 fully saturated rings. The molecule has 0 saturated carbocycles. The summed E-state index contributed by atoms with van der Waals surface area (Å²) in [5, 5.41) is 9.79. The van der Waals surface area contributed by atoms with E-state index in [2.05, 4.69) is 11.8 Å². The molecule has 1 heteroatoms. The van der Waals surface area contributed by atoms with Crippen LogP contribution in [0.3, 0.4) is 0 Å². The van der Waals surface area contributed by atoms with Crippen LogP contribution in [0.2, 0.25) is 0 Å². The van der Waals surface area contributed by atoms with Crippen molar-refractivity contribution in [2.75, 3.05) is 0 Å². The van der Waals surface area contributed by atoms with Crippen LogP contribution in [0.1, 0.15) is 22.3 Å². The molecule has 0 amide bonds. The summed E-state index contributed by atoms with van der Waals surface area (Å²) >= 11 is 0. The summed E-state index contributed by atoms with van der Waals surface area (Å²) < 4.78 is 0. The van der Waals surface area contributed by atoms with Gasteiger partial charge in [-0.3, -0.25) is 0 Å². The Balaban J connectivity index is 2.44. The van der Waals surface area contributed by atoms with E-state index in [9.17, 15) is 5.11 Å². The number of hydrogen-bond acceptors (Lipinski definition) is 1. The highest BCUT2D eigenvalue weighted by Gasteiger charge is 2.03. The van der Waals surface area contributed by atoms with E-state index in [1.54, 1.807) is 6.07 Å². The fourth-order valence-electron chi connectivity index (χ4n) is 1.62. The Bertz CT molecular complexity index is 586. The van der Waals surface area contributed by atoms with Crippen LogP contribution in [-0.2, 0) is 0 Å². The first kappa shape index (κ1) is 11.3. The molecule has 2 rings (SSSR count). The van der Waals surface area contributed by atoms with Gasteiger partial charge in [-0.05, 0) is 43.2 Å². The lowest BCUT2D eigenvalue weighted by atomic mass is 10.0. The van der Waals surface area contributed by atoms with Crippen molar-refractivity contribution in [3.63, 3.8) is 0 Å². The minimum Gasteiger partial charge on any atom is -0.507 e. The second-order valence-electron chi connectivity index (χ2n) is 4.02. The van der Waals surface area contributed by atoms with Crippen LogP contribution >= 0.6 is 0 Å². The minimum absolute atomic E-state index is 0.247. The molecule has 0 aliphatic heterocycles. The van der Waals surface area contributed by atoms with Gasteiger partial charge in [0, 0.05) is 5.56 Å². The second kappa shape index (κ2) is 4.76. The molecule has 0 spiro atoms. The van der Waals surface area contributed by atoms with E-state index in [1.165, 1.54) is 0 Å². The average molecular weight is 222 g/mol. The molecule has 0 saturated heterocycles. The summed E-state index contributed by atoms with van der Waals surface area (Å²) in [5.41, 5.74) is 3.84. The molecule has 0 aromatic heterocycles. The number of aryl methyl sites for hydroxylation is 1. The highest BCUT2D eigenvalue weighted by Crippen LogP contribution is 2.22. The van der Waals surface area contributed by atoms with Crippen molar-refractivity contribution in [2.45, 2.75) is 13.8 Å². The molecule has 1 nitrogen and oxygen atoms in total. The molecule has 17 heavy (non-hydrogen) atoms. The maximum Gasteiger partial charge on any atom is 0.131 e. The van der Waals surface area contributed by atoms with E-state index in [-0.39, 0.29) is 5.75 Å². The van der Waals surface area contributed by atoms with Crippen molar-refractivity contribution in [1.82, 2.24) is 0 Å². The number of hydrogen-bond donors (Lipinski definition) is 1. The standard InChI is InChI=1S/C16H14O/c1-12-8-11-16(17)15(13(12)2)10-9-14-6-4-3-5-7-14/h3-8,11,17H,1-2H3. The Labute approximate surface area is 102 Å². The van der Waals surface area contributed by atoms with Gasteiger partial charge in [-0.1, -0.05) is 36.1 Å². The first-order chi connectivity index (χ1) is 8.18. The molecular weight excluding hydrogens is 208 g/mol. The first-order valence-corrected chi connectivity index (χ1v) is 5.54. The van der Waals surface area contributed by atoms with Gasteiger partial charge in [-0.2, -0.15) is 0 Å². The van der Waals surface area contributed by atoms with Crippen molar-refractivity contribution >= 4 is 0 Å². The van der Waals surface area contributed by atoms with Gasteiger partial charge < -0.3 is 5.11 Å². The zero-order chi connectivity index (χ0) is 12.3. The van der Waals surface area contributed by atoms with E-state index in [1.807, 2.05) is 50.2 Å². The van der Waals surface area contributed by atoms with Gasteiger partial charge >= 0.3 is 0 Å². The Kier molecular flexibility index (Phi) is 3.16. The van der Waals surface area contributed by atoms with Gasteiger partial charge in [0.25, 0.3) is 0 Å². The zero-order valence-electron chi connectivity index (χ0n) is 9.99. The fourth-order valence-corrected chi connectivity index (χ4v) is 1.62. The fraction of sp³-hybridized carbons (Fsp3) is 0.125. The summed E-state index contributed by atoms with van der Waals surface area (Å²) in [6.45, 7) is 3.99. The van der Waals surface area contributed by atoms with Crippen LogP contribution in [-0.4, -0.2) is 5.11 Å². The monoisotopic (exact) mass is 222 g/mol. The summed E-state index contributed by atoms with van der Waals surface area (Å²) in [4.78, 5) is 0. The van der Waals surface area contributed by atoms with E-state index < -0.39 is 0 Å². The zero-order valence-corrected chi connectivity index (χ0v) is 9.99. The largest absolute Gasteiger partial charge is 0.507 e. The SMILES string of the molecule is Cc1ccc(O)c(C#Cc2ccccc2)c1C. The number of phenolic OH excluding ortho intramolecular Hbond substituents is 1. The quantitative estimate of drug-likeness (QED) is 0.677. The van der Waals surface area contributed by atoms with E-state index in [4.69, 9.17) is 0 Å². The number of aromatic hydroxyl groups is 1. The molecule has 2 aromatic carbocycles. The second-order valence-corrected chi connectivity index (χ2v) is 4.02. The average Bonchev–Trinajstić information content (AvgIpc) is 2.35. The Morgan fingerprint density at radius 3 is 2.29 bits per heavy atom. The molecule has 2 aromatic rings. The van der Waals surface area contributed by atoms with Gasteiger partial charge in [-0.25, -0.2) is 0 Å². The number of phenols is 1. The van der Waals surface area contributed by atoms with Crippen molar-refractivity contribution in [3.8, 4) is 17.6 Å². The van der Waals surface area contributed by atoms with Crippen LogP contribution in [0, 0.1) is 25.7 Å². The van der Waals surface area contributed by atoms with Crippen molar-refractivity contribution in [1.29, 1.82) is 0 Å². The van der Waals surface area contributed by atoms with E-state index >= 15 is 0 Å². The van der Waals surface area contributed by atoms with E-state index in [0.717, 1.165) is 16.7 Å². The highest BCUT2D eigenvalue weighted by atomic mass is 16.3. The Hall–Kier alpha value is -2.20. The van der Waals surface area contributed by atoms with Crippen molar-refractivity contribution < 1.29 is 5.11 Å². The molecule has 1 N–H and O–H groups in total. The lowest BCUT2D eigenvalue weighted by Gasteiger charge is -2.04. The molecule has 0 radical (unpaired) electrons. The minimum atomic E-state index is 0.247. The summed E-state index contributed by atoms with van der Waals surface area (Å²) in [6, 6.07) is 13.4. The lowest BCUT2D eigenvalue weighted by Crippen LogP contribution is -1.87. The van der Waals surface area contributed by atoms with Crippen molar-refractivity contribution in [2.24, 2.45) is 0 Å². The van der Waals surface area contributed by atoms with Crippen LogP contribution in [0.4, 0.5) is 0 Å². The molecule has 0 atom stereocenters. The summed E-state index contributed by atoms with van der Waals surface area (Å²) in [5.74, 6) is 6.34.